The summed E-state index contributed by atoms with van der Waals surface area (Å²) >= 11 is 1.30. The molecule has 5 nitrogen and oxygen atoms in total. The van der Waals surface area contributed by atoms with Crippen LogP contribution in [0.25, 0.3) is 0 Å². The van der Waals surface area contributed by atoms with Crippen molar-refractivity contribution in [3.05, 3.63) is 39.8 Å². The largest absolute Gasteiger partial charge is 0.495 e. The smallest absolute Gasteiger partial charge is 0.267 e. The van der Waals surface area contributed by atoms with Crippen molar-refractivity contribution in [1.29, 1.82) is 0 Å². The molecule has 1 aromatic carbocycles. The predicted molar refractivity (Wildman–Crippen MR) is 83.7 cm³/mol. The Bertz CT molecular complexity index is 713. The number of nitrogens with two attached hydrogens (primary N) is 1. The van der Waals surface area contributed by atoms with E-state index in [-0.39, 0.29) is 12.5 Å². The van der Waals surface area contributed by atoms with E-state index in [9.17, 15) is 4.79 Å². The Balaban J connectivity index is 2.29. The van der Waals surface area contributed by atoms with Crippen molar-refractivity contribution in [3.63, 3.8) is 0 Å². The molecule has 21 heavy (non-hydrogen) atoms. The van der Waals surface area contributed by atoms with E-state index in [1.165, 1.54) is 11.3 Å². The first kappa shape index (κ1) is 15.0. The summed E-state index contributed by atoms with van der Waals surface area (Å²) in [6, 6.07) is 5.33. The summed E-state index contributed by atoms with van der Waals surface area (Å²) in [4.78, 5) is 16.9. The van der Waals surface area contributed by atoms with Gasteiger partial charge >= 0.3 is 0 Å². The van der Waals surface area contributed by atoms with Gasteiger partial charge in [-0.2, -0.15) is 0 Å². The molecule has 1 amide bonds. The van der Waals surface area contributed by atoms with Gasteiger partial charge in [0.2, 0.25) is 0 Å². The summed E-state index contributed by atoms with van der Waals surface area (Å²) in [7, 11) is 1.55. The first-order chi connectivity index (χ1) is 10.2. The quantitative estimate of drug-likeness (QED) is 0.850. The van der Waals surface area contributed by atoms with Crippen molar-refractivity contribution in [1.82, 2.24) is 4.98 Å². The van der Waals surface area contributed by atoms with Crippen LogP contribution >= 0.6 is 11.3 Å². The molecule has 3 N–H and O–H groups in total. The summed E-state index contributed by atoms with van der Waals surface area (Å²) in [5, 5.41) is 2.83. The van der Waals surface area contributed by atoms with E-state index in [0.717, 1.165) is 5.56 Å². The molecule has 1 heterocycles. The van der Waals surface area contributed by atoms with Gasteiger partial charge in [0.05, 0.1) is 30.5 Å². The zero-order chi connectivity index (χ0) is 15.2. The Morgan fingerprint density at radius 3 is 2.95 bits per heavy atom. The fourth-order valence-electron chi connectivity index (χ4n) is 1.74. The molecule has 0 aliphatic rings. The first-order valence-electron chi connectivity index (χ1n) is 6.24. The summed E-state index contributed by atoms with van der Waals surface area (Å²) in [5.41, 5.74) is 9.04. The normalized spacial score (nSPS) is 9.67. The molecule has 0 atom stereocenters. The number of anilines is 1. The van der Waals surface area contributed by atoms with E-state index in [2.05, 4.69) is 22.1 Å². The van der Waals surface area contributed by atoms with Crippen LogP contribution in [0.4, 0.5) is 5.69 Å². The molecule has 108 valence electrons. The summed E-state index contributed by atoms with van der Waals surface area (Å²) in [6.07, 6.45) is 0. The van der Waals surface area contributed by atoms with E-state index < -0.39 is 0 Å². The van der Waals surface area contributed by atoms with Gasteiger partial charge in [-0.25, -0.2) is 4.98 Å². The first-order valence-corrected chi connectivity index (χ1v) is 7.12. The van der Waals surface area contributed by atoms with Crippen molar-refractivity contribution in [2.75, 3.05) is 19.0 Å². The number of nitrogens with one attached hydrogen (secondary N) is 1. The molecule has 0 fully saturated rings. The van der Waals surface area contributed by atoms with Crippen LogP contribution in [0.2, 0.25) is 0 Å². The van der Waals surface area contributed by atoms with E-state index in [1.54, 1.807) is 31.7 Å². The molecule has 0 bridgehead atoms. The summed E-state index contributed by atoms with van der Waals surface area (Å²) in [6.45, 7) is 2.08. The van der Waals surface area contributed by atoms with Crippen LogP contribution in [0, 0.1) is 18.8 Å². The van der Waals surface area contributed by atoms with Gasteiger partial charge in [0.1, 0.15) is 10.6 Å². The molecule has 0 spiro atoms. The number of nitrogens with zero attached hydrogens (tertiary/aromatic N) is 1. The van der Waals surface area contributed by atoms with Crippen LogP contribution in [0.5, 0.6) is 5.75 Å². The molecule has 0 aliphatic carbocycles. The second-order valence-corrected chi connectivity index (χ2v) is 5.00. The average molecular weight is 301 g/mol. The van der Waals surface area contributed by atoms with Crippen LogP contribution in [0.1, 0.15) is 20.9 Å². The number of aryl methyl sites for hydroxylation is 1. The number of rotatable bonds is 3. The second-order valence-electron chi connectivity index (χ2n) is 4.14. The Morgan fingerprint density at radius 2 is 2.33 bits per heavy atom. The Labute approximate surface area is 127 Å². The number of hydrogen-bond donors (Lipinski definition) is 2. The number of carbonyl (C=O) groups excluding carboxylic acids is 1. The third-order valence-corrected chi connectivity index (χ3v) is 3.66. The predicted octanol–water partition coefficient (Wildman–Crippen LogP) is 2.02. The zero-order valence-corrected chi connectivity index (χ0v) is 12.6. The molecule has 0 radical (unpaired) electrons. The van der Waals surface area contributed by atoms with Crippen LogP contribution in [0.15, 0.2) is 23.7 Å². The Morgan fingerprint density at radius 1 is 1.52 bits per heavy atom. The maximum atomic E-state index is 12.2. The molecule has 6 heteroatoms. The summed E-state index contributed by atoms with van der Waals surface area (Å²) in [5.74, 6) is 6.06. The van der Waals surface area contributed by atoms with Crippen molar-refractivity contribution < 1.29 is 9.53 Å². The fraction of sp³-hybridized carbons (Fsp3) is 0.200. The lowest BCUT2D eigenvalue weighted by Crippen LogP contribution is -2.12. The molecule has 0 saturated heterocycles. The molecular weight excluding hydrogens is 286 g/mol. The maximum absolute atomic E-state index is 12.2. The van der Waals surface area contributed by atoms with Gasteiger partial charge in [0, 0.05) is 5.56 Å². The van der Waals surface area contributed by atoms with Crippen molar-refractivity contribution in [2.24, 2.45) is 5.73 Å². The highest BCUT2D eigenvalue weighted by Gasteiger charge is 2.14. The van der Waals surface area contributed by atoms with E-state index in [4.69, 9.17) is 10.5 Å². The fourth-order valence-corrected chi connectivity index (χ4v) is 2.43. The van der Waals surface area contributed by atoms with Gasteiger partial charge in [-0.15, -0.1) is 11.3 Å². The topological polar surface area (TPSA) is 77.2 Å². The number of methoxy groups -OCH3 is 1. The van der Waals surface area contributed by atoms with Crippen molar-refractivity contribution in [2.45, 2.75) is 6.92 Å². The molecule has 0 saturated carbocycles. The minimum Gasteiger partial charge on any atom is -0.495 e. The maximum Gasteiger partial charge on any atom is 0.267 e. The Kier molecular flexibility index (Phi) is 4.93. The van der Waals surface area contributed by atoms with Crippen LogP contribution < -0.4 is 15.8 Å². The monoisotopic (exact) mass is 301 g/mol. The number of amides is 1. The minimum atomic E-state index is -0.211. The highest BCUT2D eigenvalue weighted by atomic mass is 32.1. The van der Waals surface area contributed by atoms with Crippen LogP contribution in [0.3, 0.4) is 0 Å². The zero-order valence-electron chi connectivity index (χ0n) is 11.8. The number of hydrogen-bond acceptors (Lipinski definition) is 5. The minimum absolute atomic E-state index is 0.211. The lowest BCUT2D eigenvalue weighted by atomic mass is 10.2. The number of ether oxygens (including phenoxy) is 1. The van der Waals surface area contributed by atoms with Gasteiger partial charge in [-0.1, -0.05) is 11.8 Å². The molecule has 1 aromatic heterocycles. The second kappa shape index (κ2) is 6.88. The standard InChI is InChI=1S/C15H15N3O2S/c1-10-14(21-9-17-10)15(19)18-12-8-11(4-3-7-16)5-6-13(12)20-2/h5-6,8-9H,7,16H2,1-2H3,(H,18,19). The number of thiazole rings is 1. The number of aromatic nitrogens is 1. The van der Waals surface area contributed by atoms with Gasteiger partial charge in [0.25, 0.3) is 5.91 Å². The Hall–Kier alpha value is -2.36. The highest BCUT2D eigenvalue weighted by molar-refractivity contribution is 7.12. The van der Waals surface area contributed by atoms with E-state index >= 15 is 0 Å². The third kappa shape index (κ3) is 3.60. The van der Waals surface area contributed by atoms with E-state index in [0.29, 0.717) is 22.0 Å². The third-order valence-electron chi connectivity index (χ3n) is 2.73. The average Bonchev–Trinajstić information content (AvgIpc) is 2.91. The molecule has 2 rings (SSSR count). The van der Waals surface area contributed by atoms with E-state index in [1.807, 2.05) is 6.07 Å². The van der Waals surface area contributed by atoms with Gasteiger partial charge in [-0.05, 0) is 25.1 Å². The van der Waals surface area contributed by atoms with Gasteiger partial charge in [0.15, 0.2) is 0 Å². The lowest BCUT2D eigenvalue weighted by Gasteiger charge is -2.10. The van der Waals surface area contributed by atoms with Crippen LogP contribution in [-0.2, 0) is 0 Å². The molecule has 2 aromatic rings. The van der Waals surface area contributed by atoms with Gasteiger partial charge in [-0.3, -0.25) is 4.79 Å². The summed E-state index contributed by atoms with van der Waals surface area (Å²) < 4.78 is 5.25. The van der Waals surface area contributed by atoms with Gasteiger partial charge < -0.3 is 15.8 Å². The number of carbonyl (C=O) groups is 1. The SMILES string of the molecule is COc1ccc(C#CCN)cc1NC(=O)c1scnc1C. The highest BCUT2D eigenvalue weighted by Crippen LogP contribution is 2.26. The molecule has 0 aliphatic heterocycles. The molecular formula is C15H15N3O2S. The van der Waals surface area contributed by atoms with Crippen molar-refractivity contribution >= 4 is 22.9 Å². The van der Waals surface area contributed by atoms with Crippen molar-refractivity contribution in [3.8, 4) is 17.6 Å². The molecule has 0 unspecified atom stereocenters. The van der Waals surface area contributed by atoms with Crippen LogP contribution in [-0.4, -0.2) is 24.5 Å². The lowest BCUT2D eigenvalue weighted by molar-refractivity contribution is 0.102. The number of benzene rings is 1.